The lowest BCUT2D eigenvalue weighted by atomic mass is 10.4. The first-order valence-corrected chi connectivity index (χ1v) is 7.99. The monoisotopic (exact) mass is 382 g/mol. The van der Waals surface area contributed by atoms with Crippen LogP contribution >= 0.6 is 93.5 Å². The van der Waals surface area contributed by atoms with E-state index in [4.69, 9.17) is 69.6 Å². The molecule has 0 amide bonds. The van der Waals surface area contributed by atoms with E-state index >= 15 is 0 Å². The molecule has 96 valence electrons. The average Bonchev–Trinajstić information content (AvgIpc) is 2.03. The second-order valence-corrected chi connectivity index (χ2v) is 11.5. The van der Waals surface area contributed by atoms with E-state index in [0.29, 0.717) is 0 Å². The normalized spacial score (nSPS) is 21.4. The number of halogens is 6. The SMILES string of the molecule is ClC(Cl)(Cl)SN1CCN(SC(Cl)(Cl)Cl)CC1. The molecule has 0 unspecified atom stereocenters. The Morgan fingerprint density at radius 1 is 0.625 bits per heavy atom. The number of hydrogen-bond acceptors (Lipinski definition) is 4. The van der Waals surface area contributed by atoms with Crippen LogP contribution in [-0.4, -0.2) is 41.0 Å². The Balaban J connectivity index is 2.29. The third-order valence-electron chi connectivity index (χ3n) is 1.66. The van der Waals surface area contributed by atoms with Gasteiger partial charge >= 0.3 is 0 Å². The molecule has 0 saturated carbocycles. The standard InChI is InChI=1S/C6H8Cl6N2S2/c7-5(8,9)15-13-1-2-14(4-3-13)16-6(10,11)12/h1-4H2. The Kier molecular flexibility index (Phi) is 6.86. The lowest BCUT2D eigenvalue weighted by Gasteiger charge is -2.35. The summed E-state index contributed by atoms with van der Waals surface area (Å²) in [6.45, 7) is 3.03. The molecule has 10 heteroatoms. The van der Waals surface area contributed by atoms with Gasteiger partial charge in [0, 0.05) is 26.2 Å². The fourth-order valence-electron chi connectivity index (χ4n) is 1.15. The molecule has 0 spiro atoms. The summed E-state index contributed by atoms with van der Waals surface area (Å²) < 4.78 is 1.35. The maximum absolute atomic E-state index is 5.68. The van der Waals surface area contributed by atoms with Gasteiger partial charge in [0.05, 0.1) is 0 Å². The molecule has 0 N–H and O–H groups in total. The van der Waals surface area contributed by atoms with Crippen molar-refractivity contribution in [2.45, 2.75) is 6.25 Å². The van der Waals surface area contributed by atoms with Crippen LogP contribution in [0, 0.1) is 0 Å². The van der Waals surface area contributed by atoms with E-state index < -0.39 is 6.25 Å². The molecule has 2 nitrogen and oxygen atoms in total. The quantitative estimate of drug-likeness (QED) is 0.508. The van der Waals surface area contributed by atoms with Crippen LogP contribution in [0.25, 0.3) is 0 Å². The average molecular weight is 385 g/mol. The molecule has 0 aliphatic carbocycles. The van der Waals surface area contributed by atoms with E-state index in [1.54, 1.807) is 0 Å². The van der Waals surface area contributed by atoms with Gasteiger partial charge in [-0.2, -0.15) is 0 Å². The smallest absolute Gasteiger partial charge is 0.244 e. The largest absolute Gasteiger partial charge is 0.251 e. The van der Waals surface area contributed by atoms with Gasteiger partial charge in [0.1, 0.15) is 0 Å². The minimum Gasteiger partial charge on any atom is -0.244 e. The fourth-order valence-corrected chi connectivity index (χ4v) is 4.18. The van der Waals surface area contributed by atoms with Crippen LogP contribution in [0.2, 0.25) is 0 Å². The van der Waals surface area contributed by atoms with E-state index in [0.717, 1.165) is 26.2 Å². The van der Waals surface area contributed by atoms with Crippen LogP contribution in [0.4, 0.5) is 0 Å². The van der Waals surface area contributed by atoms with Crippen molar-refractivity contribution in [2.75, 3.05) is 26.2 Å². The molecule has 0 radical (unpaired) electrons. The molecule has 1 aliphatic rings. The predicted octanol–water partition coefficient (Wildman–Crippen LogP) is 4.56. The highest BCUT2D eigenvalue weighted by atomic mass is 35.6. The van der Waals surface area contributed by atoms with Crippen molar-refractivity contribution in [1.29, 1.82) is 0 Å². The number of piperazine rings is 1. The molecule has 0 aromatic rings. The van der Waals surface area contributed by atoms with E-state index in [2.05, 4.69) is 0 Å². The summed E-state index contributed by atoms with van der Waals surface area (Å²) in [7, 11) is 0. The third-order valence-corrected chi connectivity index (χ3v) is 4.57. The Morgan fingerprint density at radius 2 is 0.875 bits per heavy atom. The molecule has 1 rings (SSSR count). The summed E-state index contributed by atoms with van der Waals surface area (Å²) in [5, 5.41) is 0. The van der Waals surface area contributed by atoms with Crippen LogP contribution in [0.15, 0.2) is 0 Å². The zero-order chi connectivity index (χ0) is 12.4. The highest BCUT2D eigenvalue weighted by Gasteiger charge is 2.31. The third kappa shape index (κ3) is 7.72. The maximum Gasteiger partial charge on any atom is 0.251 e. The van der Waals surface area contributed by atoms with Gasteiger partial charge in [0.25, 0.3) is 6.25 Å². The minimum absolute atomic E-state index is 0.756. The molecule has 1 aliphatic heterocycles. The maximum atomic E-state index is 5.68. The van der Waals surface area contributed by atoms with Gasteiger partial charge < -0.3 is 0 Å². The second kappa shape index (κ2) is 6.69. The summed E-state index contributed by atoms with van der Waals surface area (Å²) in [6, 6.07) is 0. The van der Waals surface area contributed by atoms with Crippen molar-refractivity contribution in [2.24, 2.45) is 0 Å². The molecule has 0 atom stereocenters. The Bertz CT molecular complexity index is 198. The summed E-state index contributed by atoms with van der Waals surface area (Å²) >= 11 is 36.5. The summed E-state index contributed by atoms with van der Waals surface area (Å²) in [5.41, 5.74) is 0. The highest BCUT2D eigenvalue weighted by Crippen LogP contribution is 2.43. The summed E-state index contributed by atoms with van der Waals surface area (Å²) in [6.07, 6.45) is 0. The molecular weight excluding hydrogens is 377 g/mol. The number of hydrogen-bond donors (Lipinski definition) is 0. The van der Waals surface area contributed by atoms with Crippen LogP contribution in [0.1, 0.15) is 0 Å². The lowest BCUT2D eigenvalue weighted by Crippen LogP contribution is -2.41. The van der Waals surface area contributed by atoms with Crippen LogP contribution in [0.3, 0.4) is 0 Å². The first-order valence-electron chi connectivity index (χ1n) is 4.17. The van der Waals surface area contributed by atoms with Gasteiger partial charge in [-0.1, -0.05) is 69.6 Å². The van der Waals surface area contributed by atoms with E-state index in [1.165, 1.54) is 23.9 Å². The van der Waals surface area contributed by atoms with Gasteiger partial charge in [0.2, 0.25) is 0 Å². The Morgan fingerprint density at radius 3 is 1.06 bits per heavy atom. The van der Waals surface area contributed by atoms with Crippen molar-refractivity contribution < 1.29 is 0 Å². The van der Waals surface area contributed by atoms with Crippen molar-refractivity contribution in [1.82, 2.24) is 8.61 Å². The van der Waals surface area contributed by atoms with E-state index in [9.17, 15) is 0 Å². The Labute approximate surface area is 133 Å². The van der Waals surface area contributed by atoms with Crippen LogP contribution in [0.5, 0.6) is 0 Å². The fraction of sp³-hybridized carbons (Fsp3) is 1.00. The molecule has 1 fully saturated rings. The molecule has 0 aromatic carbocycles. The topological polar surface area (TPSA) is 6.48 Å². The number of alkyl halides is 6. The number of nitrogens with zero attached hydrogens (tertiary/aromatic N) is 2. The molecular formula is C6H8Cl6N2S2. The van der Waals surface area contributed by atoms with Crippen LogP contribution in [-0.2, 0) is 0 Å². The molecule has 1 saturated heterocycles. The first kappa shape index (κ1) is 16.4. The predicted molar refractivity (Wildman–Crippen MR) is 78.9 cm³/mol. The zero-order valence-electron chi connectivity index (χ0n) is 7.81. The van der Waals surface area contributed by atoms with Crippen molar-refractivity contribution in [3.63, 3.8) is 0 Å². The van der Waals surface area contributed by atoms with E-state index in [1.807, 2.05) is 8.61 Å². The molecule has 0 aromatic heterocycles. The molecule has 1 heterocycles. The van der Waals surface area contributed by atoms with Crippen molar-refractivity contribution in [3.05, 3.63) is 0 Å². The van der Waals surface area contributed by atoms with Crippen molar-refractivity contribution >= 4 is 93.5 Å². The summed E-state index contributed by atoms with van der Waals surface area (Å²) in [5.74, 6) is 0. The molecule has 16 heavy (non-hydrogen) atoms. The first-order chi connectivity index (χ1) is 7.16. The van der Waals surface area contributed by atoms with Gasteiger partial charge in [-0.25, -0.2) is 8.61 Å². The Hall–Kier alpha value is 2.36. The number of rotatable bonds is 2. The second-order valence-electron chi connectivity index (χ2n) is 2.93. The van der Waals surface area contributed by atoms with Crippen molar-refractivity contribution in [3.8, 4) is 0 Å². The highest BCUT2D eigenvalue weighted by molar-refractivity contribution is 8.03. The van der Waals surface area contributed by atoms with E-state index in [-0.39, 0.29) is 0 Å². The minimum atomic E-state index is -1.31. The van der Waals surface area contributed by atoms with Gasteiger partial charge in [-0.3, -0.25) is 0 Å². The van der Waals surface area contributed by atoms with Gasteiger partial charge in [-0.05, 0) is 23.9 Å². The lowest BCUT2D eigenvalue weighted by molar-refractivity contribution is 0.308. The summed E-state index contributed by atoms with van der Waals surface area (Å²) in [4.78, 5) is 0. The van der Waals surface area contributed by atoms with Crippen LogP contribution < -0.4 is 0 Å². The zero-order valence-corrected chi connectivity index (χ0v) is 14.0. The molecule has 0 bridgehead atoms. The van der Waals surface area contributed by atoms with Gasteiger partial charge in [-0.15, -0.1) is 0 Å². The van der Waals surface area contributed by atoms with Gasteiger partial charge in [0.15, 0.2) is 0 Å².